The minimum absolute atomic E-state index is 0.105. The molecule has 8 nitrogen and oxygen atoms in total. The van der Waals surface area contributed by atoms with Crippen LogP contribution in [0.25, 0.3) is 11.1 Å². The summed E-state index contributed by atoms with van der Waals surface area (Å²) < 4.78 is 10.5. The van der Waals surface area contributed by atoms with Crippen molar-refractivity contribution in [1.82, 2.24) is 10.2 Å². The smallest absolute Gasteiger partial charge is 0.410 e. The summed E-state index contributed by atoms with van der Waals surface area (Å²) in [5, 5.41) is 12.2. The average Bonchev–Trinajstić information content (AvgIpc) is 3.18. The second-order valence-corrected chi connectivity index (χ2v) is 8.48. The van der Waals surface area contributed by atoms with E-state index in [1.165, 1.54) is 11.0 Å². The summed E-state index contributed by atoms with van der Waals surface area (Å²) in [4.78, 5) is 38.0. The van der Waals surface area contributed by atoms with E-state index < -0.39 is 24.2 Å². The molecule has 2 N–H and O–H groups in total. The van der Waals surface area contributed by atoms with Gasteiger partial charge in [0.25, 0.3) is 0 Å². The monoisotopic (exact) mass is 464 g/mol. The number of piperidine rings is 1. The molecule has 0 bridgehead atoms. The third-order valence-electron chi connectivity index (χ3n) is 6.48. The van der Waals surface area contributed by atoms with Gasteiger partial charge in [-0.15, -0.1) is 0 Å². The van der Waals surface area contributed by atoms with E-state index in [2.05, 4.69) is 11.9 Å². The molecule has 2 aliphatic rings. The van der Waals surface area contributed by atoms with E-state index in [-0.39, 0.29) is 25.0 Å². The Labute approximate surface area is 198 Å². The van der Waals surface area contributed by atoms with Gasteiger partial charge in [0, 0.05) is 19.0 Å². The van der Waals surface area contributed by atoms with Crippen LogP contribution in [0.2, 0.25) is 0 Å². The van der Waals surface area contributed by atoms with Crippen LogP contribution in [0.15, 0.2) is 61.2 Å². The Balaban J connectivity index is 1.34. The van der Waals surface area contributed by atoms with Crippen LogP contribution in [-0.2, 0) is 14.3 Å². The Morgan fingerprint density at radius 3 is 2.18 bits per heavy atom. The van der Waals surface area contributed by atoms with E-state index in [1.807, 2.05) is 48.5 Å². The first-order valence-electron chi connectivity index (χ1n) is 11.4. The van der Waals surface area contributed by atoms with Crippen molar-refractivity contribution in [2.24, 2.45) is 5.92 Å². The van der Waals surface area contributed by atoms with Crippen molar-refractivity contribution in [3.05, 3.63) is 72.3 Å². The molecule has 0 radical (unpaired) electrons. The maximum atomic E-state index is 12.6. The lowest BCUT2D eigenvalue weighted by Gasteiger charge is -2.34. The molecule has 4 rings (SSSR count). The first-order chi connectivity index (χ1) is 16.5. The highest BCUT2D eigenvalue weighted by atomic mass is 16.6. The molecule has 1 unspecified atom stereocenters. The summed E-state index contributed by atoms with van der Waals surface area (Å²) in [6.45, 7) is 4.46. The number of carbonyl (C=O) groups is 3. The van der Waals surface area contributed by atoms with Gasteiger partial charge < -0.3 is 24.8 Å². The van der Waals surface area contributed by atoms with Gasteiger partial charge in [-0.2, -0.15) is 0 Å². The molecule has 8 heteroatoms. The lowest BCUT2D eigenvalue weighted by Crippen LogP contribution is -2.50. The van der Waals surface area contributed by atoms with Gasteiger partial charge in [0.1, 0.15) is 19.3 Å². The number of nitrogens with one attached hydrogen (secondary N) is 1. The largest absolute Gasteiger partial charge is 0.480 e. The zero-order valence-corrected chi connectivity index (χ0v) is 18.8. The molecule has 1 saturated heterocycles. The highest BCUT2D eigenvalue weighted by molar-refractivity contribution is 5.81. The maximum Gasteiger partial charge on any atom is 0.410 e. The summed E-state index contributed by atoms with van der Waals surface area (Å²) >= 11 is 0. The van der Waals surface area contributed by atoms with Crippen LogP contribution in [-0.4, -0.2) is 60.5 Å². The summed E-state index contributed by atoms with van der Waals surface area (Å²) in [5.41, 5.74) is 4.41. The number of aliphatic carboxylic acids is 1. The van der Waals surface area contributed by atoms with Crippen molar-refractivity contribution in [2.75, 3.05) is 26.3 Å². The van der Waals surface area contributed by atoms with Crippen molar-refractivity contribution in [3.8, 4) is 11.1 Å². The molecule has 178 valence electrons. The lowest BCUT2D eigenvalue weighted by atomic mass is 9.89. The number of carboxylic acid groups (broad SMARTS) is 1. The number of carbonyl (C=O) groups excluding carboxylic acids is 2. The molecule has 0 spiro atoms. The van der Waals surface area contributed by atoms with Gasteiger partial charge in [0.2, 0.25) is 0 Å². The van der Waals surface area contributed by atoms with Crippen LogP contribution in [0.3, 0.4) is 0 Å². The zero-order chi connectivity index (χ0) is 24.1. The van der Waals surface area contributed by atoms with Gasteiger partial charge in [-0.3, -0.25) is 0 Å². The van der Waals surface area contributed by atoms with Crippen molar-refractivity contribution < 1.29 is 29.0 Å². The van der Waals surface area contributed by atoms with Crippen molar-refractivity contribution >= 4 is 18.2 Å². The SMILES string of the molecule is C=CCOC(=O)N1CCC(C(NC(=O)OCC2c3ccccc3-c3ccccc32)C(=O)O)CC1. The van der Waals surface area contributed by atoms with E-state index in [0.29, 0.717) is 25.9 Å². The third-order valence-corrected chi connectivity index (χ3v) is 6.48. The highest BCUT2D eigenvalue weighted by Gasteiger charge is 2.35. The third kappa shape index (κ3) is 4.90. The van der Waals surface area contributed by atoms with Gasteiger partial charge in [-0.1, -0.05) is 61.2 Å². The molecular formula is C26H28N2O6. The number of hydrogen-bond acceptors (Lipinski definition) is 5. The fourth-order valence-corrected chi connectivity index (χ4v) is 4.79. The van der Waals surface area contributed by atoms with Gasteiger partial charge in [0.15, 0.2) is 0 Å². The summed E-state index contributed by atoms with van der Waals surface area (Å²) in [6.07, 6.45) is 1.15. The van der Waals surface area contributed by atoms with Gasteiger partial charge in [-0.05, 0) is 41.0 Å². The van der Waals surface area contributed by atoms with Crippen LogP contribution in [0.1, 0.15) is 29.9 Å². The quantitative estimate of drug-likeness (QED) is 0.600. The molecule has 0 saturated carbocycles. The summed E-state index contributed by atoms with van der Waals surface area (Å²) in [6, 6.07) is 14.9. The molecule has 0 aromatic heterocycles. The molecule has 1 atom stereocenters. The number of carboxylic acids is 1. The number of amides is 2. The molecular weight excluding hydrogens is 436 g/mol. The standard InChI is InChI=1S/C26H28N2O6/c1-2-15-33-26(32)28-13-11-17(12-14-28)23(24(29)30)27-25(31)34-16-22-20-9-5-3-7-18(20)19-8-4-6-10-21(19)22/h2-10,17,22-23H,1,11-16H2,(H,27,31)(H,29,30). The number of benzene rings is 2. The predicted molar refractivity (Wildman–Crippen MR) is 125 cm³/mol. The average molecular weight is 465 g/mol. The Bertz CT molecular complexity index is 1030. The van der Waals surface area contributed by atoms with Crippen molar-refractivity contribution in [1.29, 1.82) is 0 Å². The fourth-order valence-electron chi connectivity index (χ4n) is 4.79. The maximum absolute atomic E-state index is 12.6. The van der Waals surface area contributed by atoms with Crippen molar-refractivity contribution in [2.45, 2.75) is 24.8 Å². The minimum Gasteiger partial charge on any atom is -0.480 e. The molecule has 2 aromatic rings. The number of fused-ring (bicyclic) bond motifs is 3. The van der Waals surface area contributed by atoms with Crippen LogP contribution < -0.4 is 5.32 Å². The first kappa shape index (κ1) is 23.4. The number of rotatable bonds is 7. The number of nitrogens with zero attached hydrogens (tertiary/aromatic N) is 1. The predicted octanol–water partition coefficient (Wildman–Crippen LogP) is 4.01. The van der Waals surface area contributed by atoms with Crippen LogP contribution in [0.4, 0.5) is 9.59 Å². The summed E-state index contributed by atoms with van der Waals surface area (Å²) in [7, 11) is 0. The van der Waals surface area contributed by atoms with Gasteiger partial charge in [-0.25, -0.2) is 14.4 Å². The lowest BCUT2D eigenvalue weighted by molar-refractivity contribution is -0.141. The van der Waals surface area contributed by atoms with Gasteiger partial charge in [0.05, 0.1) is 0 Å². The number of likely N-dealkylation sites (tertiary alicyclic amines) is 1. The number of hydrogen-bond donors (Lipinski definition) is 2. The number of ether oxygens (including phenoxy) is 2. The second-order valence-electron chi connectivity index (χ2n) is 8.48. The Morgan fingerprint density at radius 2 is 1.62 bits per heavy atom. The van der Waals surface area contributed by atoms with Crippen molar-refractivity contribution in [3.63, 3.8) is 0 Å². The Kier molecular flexibility index (Phi) is 7.15. The molecule has 2 aromatic carbocycles. The normalized spacial score (nSPS) is 16.2. The molecule has 1 heterocycles. The molecule has 2 amide bonds. The van der Waals surface area contributed by atoms with Gasteiger partial charge >= 0.3 is 18.2 Å². The Morgan fingerprint density at radius 1 is 1.03 bits per heavy atom. The van der Waals surface area contributed by atoms with E-state index >= 15 is 0 Å². The van der Waals surface area contributed by atoms with Crippen LogP contribution in [0.5, 0.6) is 0 Å². The second kappa shape index (κ2) is 10.4. The molecule has 1 aliphatic carbocycles. The fraction of sp³-hybridized carbons (Fsp3) is 0.346. The van der Waals surface area contributed by atoms with Crippen LogP contribution in [0, 0.1) is 5.92 Å². The molecule has 1 aliphatic heterocycles. The Hall–Kier alpha value is -3.81. The topological polar surface area (TPSA) is 105 Å². The van der Waals surface area contributed by atoms with E-state index in [0.717, 1.165) is 22.3 Å². The minimum atomic E-state index is -1.12. The highest BCUT2D eigenvalue weighted by Crippen LogP contribution is 2.44. The van der Waals surface area contributed by atoms with E-state index in [4.69, 9.17) is 9.47 Å². The summed E-state index contributed by atoms with van der Waals surface area (Å²) in [5.74, 6) is -1.55. The van der Waals surface area contributed by atoms with Crippen LogP contribution >= 0.6 is 0 Å². The zero-order valence-electron chi connectivity index (χ0n) is 18.8. The molecule has 34 heavy (non-hydrogen) atoms. The first-order valence-corrected chi connectivity index (χ1v) is 11.4. The van der Waals surface area contributed by atoms with E-state index in [1.54, 1.807) is 0 Å². The molecule has 1 fully saturated rings. The number of alkyl carbamates (subject to hydrolysis) is 1. The van der Waals surface area contributed by atoms with E-state index in [9.17, 15) is 19.5 Å².